The van der Waals surface area contributed by atoms with Gasteiger partial charge in [0.25, 0.3) is 0 Å². The number of hydrogen-bond donors (Lipinski definition) is 1. The Labute approximate surface area is 131 Å². The molecule has 0 radical (unpaired) electrons. The van der Waals surface area contributed by atoms with Crippen molar-refractivity contribution >= 4 is 39.9 Å². The molecule has 2 aromatic carbocycles. The lowest BCUT2D eigenvalue weighted by atomic mass is 10.1. The molecule has 0 bridgehead atoms. The fourth-order valence-electron chi connectivity index (χ4n) is 2.41. The molecular weight excluding hydrogens is 312 g/mol. The molecule has 0 spiro atoms. The van der Waals surface area contributed by atoms with E-state index in [1.165, 1.54) is 6.07 Å². The molecule has 108 valence electrons. The zero-order valence-corrected chi connectivity index (χ0v) is 12.7. The van der Waals surface area contributed by atoms with Gasteiger partial charge in [0.2, 0.25) is 0 Å². The Morgan fingerprint density at radius 1 is 1.29 bits per heavy atom. The van der Waals surface area contributed by atoms with Gasteiger partial charge in [0, 0.05) is 17.1 Å². The molecule has 3 aromatic rings. The molecule has 3 nitrogen and oxygen atoms in total. The number of para-hydroxylation sites is 1. The van der Waals surface area contributed by atoms with Crippen LogP contribution in [0.1, 0.15) is 6.92 Å². The van der Waals surface area contributed by atoms with Crippen molar-refractivity contribution in [3.05, 3.63) is 46.2 Å². The predicted octanol–water partition coefficient (Wildman–Crippen LogP) is 4.75. The highest BCUT2D eigenvalue weighted by atomic mass is 35.5. The van der Waals surface area contributed by atoms with Gasteiger partial charge in [-0.15, -0.1) is 0 Å². The highest BCUT2D eigenvalue weighted by Gasteiger charge is 2.17. The van der Waals surface area contributed by atoms with Crippen LogP contribution in [-0.4, -0.2) is 9.55 Å². The number of fused-ring (bicyclic) bond motifs is 1. The zero-order chi connectivity index (χ0) is 15.1. The van der Waals surface area contributed by atoms with Crippen LogP contribution in [0.3, 0.4) is 0 Å². The van der Waals surface area contributed by atoms with E-state index < -0.39 is 0 Å². The van der Waals surface area contributed by atoms with Crippen molar-refractivity contribution in [3.8, 4) is 11.4 Å². The lowest BCUT2D eigenvalue weighted by molar-refractivity contribution is 0.637. The first-order valence-corrected chi connectivity index (χ1v) is 7.18. The van der Waals surface area contributed by atoms with Gasteiger partial charge in [0.1, 0.15) is 11.3 Å². The van der Waals surface area contributed by atoms with Crippen molar-refractivity contribution in [1.29, 1.82) is 0 Å². The summed E-state index contributed by atoms with van der Waals surface area (Å²) in [5.74, 6) is 0.187. The number of hydrogen-bond acceptors (Lipinski definition) is 2. The summed E-state index contributed by atoms with van der Waals surface area (Å²) in [6.45, 7) is 2.58. The number of halogens is 3. The Kier molecular flexibility index (Phi) is 3.51. The van der Waals surface area contributed by atoms with Gasteiger partial charge in [-0.25, -0.2) is 9.37 Å². The summed E-state index contributed by atoms with van der Waals surface area (Å²) in [6, 6.07) is 8.12. The minimum atomic E-state index is -0.368. The van der Waals surface area contributed by atoms with Crippen molar-refractivity contribution in [2.24, 2.45) is 0 Å². The van der Waals surface area contributed by atoms with Gasteiger partial charge in [-0.2, -0.15) is 0 Å². The third-order valence-electron chi connectivity index (χ3n) is 3.38. The van der Waals surface area contributed by atoms with Gasteiger partial charge < -0.3 is 10.3 Å². The molecule has 21 heavy (non-hydrogen) atoms. The summed E-state index contributed by atoms with van der Waals surface area (Å²) in [6.07, 6.45) is 0. The smallest absolute Gasteiger partial charge is 0.151 e. The van der Waals surface area contributed by atoms with Crippen LogP contribution in [0.4, 0.5) is 10.1 Å². The van der Waals surface area contributed by atoms with Gasteiger partial charge in [-0.1, -0.05) is 29.3 Å². The number of nitrogen functional groups attached to an aromatic ring is 1. The number of anilines is 1. The van der Waals surface area contributed by atoms with Gasteiger partial charge in [-0.3, -0.25) is 0 Å². The number of nitrogens with two attached hydrogens (primary N) is 1. The molecule has 6 heteroatoms. The first-order valence-electron chi connectivity index (χ1n) is 6.42. The van der Waals surface area contributed by atoms with Crippen LogP contribution in [0.2, 0.25) is 10.0 Å². The van der Waals surface area contributed by atoms with Crippen LogP contribution in [0.15, 0.2) is 30.3 Å². The van der Waals surface area contributed by atoms with Crippen molar-refractivity contribution in [2.75, 3.05) is 5.73 Å². The first-order chi connectivity index (χ1) is 10.0. The largest absolute Gasteiger partial charge is 0.397 e. The Balaban J connectivity index is 2.38. The minimum absolute atomic E-state index is 0.310. The molecular formula is C15H12Cl2FN3. The van der Waals surface area contributed by atoms with Crippen molar-refractivity contribution < 1.29 is 4.39 Å². The molecule has 1 heterocycles. The van der Waals surface area contributed by atoms with Crippen LogP contribution in [0.5, 0.6) is 0 Å². The summed E-state index contributed by atoms with van der Waals surface area (Å²) in [5.41, 5.74) is 8.03. The molecule has 0 aliphatic carbocycles. The zero-order valence-electron chi connectivity index (χ0n) is 11.2. The molecule has 0 aliphatic heterocycles. The highest BCUT2D eigenvalue weighted by molar-refractivity contribution is 6.37. The summed E-state index contributed by atoms with van der Waals surface area (Å²) in [7, 11) is 0. The Morgan fingerprint density at radius 2 is 2.05 bits per heavy atom. The maximum Gasteiger partial charge on any atom is 0.151 e. The summed E-state index contributed by atoms with van der Waals surface area (Å²) < 4.78 is 15.8. The normalized spacial score (nSPS) is 11.2. The monoisotopic (exact) mass is 323 g/mol. The van der Waals surface area contributed by atoms with Crippen LogP contribution >= 0.6 is 23.2 Å². The summed E-state index contributed by atoms with van der Waals surface area (Å²) in [5, 5.41) is 0.812. The van der Waals surface area contributed by atoms with E-state index in [0.29, 0.717) is 44.7 Å². The van der Waals surface area contributed by atoms with E-state index in [-0.39, 0.29) is 5.82 Å². The quantitative estimate of drug-likeness (QED) is 0.691. The van der Waals surface area contributed by atoms with Crippen molar-refractivity contribution in [3.63, 3.8) is 0 Å². The molecule has 0 saturated heterocycles. The standard InChI is InChI=1S/C15H12Cl2FN3/c1-2-21-12-5-3-4-11(18)14(12)20-15(21)9-6-8(16)7-10(17)13(9)19/h3-7H,2,19H2,1H3. The van der Waals surface area contributed by atoms with Gasteiger partial charge in [0.05, 0.1) is 16.2 Å². The molecule has 0 saturated carbocycles. The molecule has 0 fully saturated rings. The molecule has 2 N–H and O–H groups in total. The highest BCUT2D eigenvalue weighted by Crippen LogP contribution is 2.36. The lowest BCUT2D eigenvalue weighted by Crippen LogP contribution is -2.00. The van der Waals surface area contributed by atoms with E-state index in [1.807, 2.05) is 17.6 Å². The molecule has 0 atom stereocenters. The van der Waals surface area contributed by atoms with Crippen LogP contribution in [0, 0.1) is 5.82 Å². The molecule has 3 rings (SSSR count). The number of aromatic nitrogens is 2. The first kappa shape index (κ1) is 14.2. The minimum Gasteiger partial charge on any atom is -0.397 e. The van der Waals surface area contributed by atoms with Crippen LogP contribution in [-0.2, 0) is 6.54 Å². The molecule has 0 aliphatic rings. The lowest BCUT2D eigenvalue weighted by Gasteiger charge is -2.10. The topological polar surface area (TPSA) is 43.8 Å². The number of imidazole rings is 1. The van der Waals surface area contributed by atoms with Crippen molar-refractivity contribution in [1.82, 2.24) is 9.55 Å². The van der Waals surface area contributed by atoms with Crippen molar-refractivity contribution in [2.45, 2.75) is 13.5 Å². The molecule has 1 aromatic heterocycles. The average Bonchev–Trinajstić information content (AvgIpc) is 2.82. The maximum absolute atomic E-state index is 13.9. The second-order valence-corrected chi connectivity index (χ2v) is 5.48. The summed E-state index contributed by atoms with van der Waals surface area (Å²) in [4.78, 5) is 4.39. The van der Waals surface area contributed by atoms with Crippen LogP contribution in [0.25, 0.3) is 22.4 Å². The van der Waals surface area contributed by atoms with E-state index in [9.17, 15) is 4.39 Å². The van der Waals surface area contributed by atoms with Gasteiger partial charge >= 0.3 is 0 Å². The Hall–Kier alpha value is -1.78. The Bertz CT molecular complexity index is 843. The number of rotatable bonds is 2. The second-order valence-electron chi connectivity index (χ2n) is 4.64. The maximum atomic E-state index is 13.9. The van der Waals surface area contributed by atoms with E-state index in [1.54, 1.807) is 18.2 Å². The van der Waals surface area contributed by atoms with E-state index >= 15 is 0 Å². The SMILES string of the molecule is CCn1c(-c2cc(Cl)cc(Cl)c2N)nc2c(F)cccc21. The fraction of sp³-hybridized carbons (Fsp3) is 0.133. The summed E-state index contributed by atoms with van der Waals surface area (Å²) >= 11 is 12.1. The fourth-order valence-corrected chi connectivity index (χ4v) is 2.90. The van der Waals surface area contributed by atoms with E-state index in [2.05, 4.69) is 4.98 Å². The molecule has 0 amide bonds. The predicted molar refractivity (Wildman–Crippen MR) is 85.2 cm³/mol. The molecule has 0 unspecified atom stereocenters. The van der Waals surface area contributed by atoms with Gasteiger partial charge in [-0.05, 0) is 31.2 Å². The third-order valence-corrected chi connectivity index (χ3v) is 3.91. The third kappa shape index (κ3) is 2.24. The number of benzene rings is 2. The van der Waals surface area contributed by atoms with E-state index in [4.69, 9.17) is 28.9 Å². The number of nitrogens with zero attached hydrogens (tertiary/aromatic N) is 2. The van der Waals surface area contributed by atoms with Crippen LogP contribution < -0.4 is 5.73 Å². The Morgan fingerprint density at radius 3 is 2.76 bits per heavy atom. The number of aryl methyl sites for hydroxylation is 1. The van der Waals surface area contributed by atoms with E-state index in [0.717, 1.165) is 0 Å². The average molecular weight is 324 g/mol. The van der Waals surface area contributed by atoms with Gasteiger partial charge in [0.15, 0.2) is 5.82 Å². The second kappa shape index (κ2) is 5.20.